The number of fused-ring (bicyclic) bond motifs is 1. The predicted octanol–water partition coefficient (Wildman–Crippen LogP) is 4.03. The van der Waals surface area contributed by atoms with Gasteiger partial charge in [-0.2, -0.15) is 0 Å². The molecule has 2 atom stereocenters. The number of nitrogens with zero attached hydrogens (tertiary/aromatic N) is 3. The van der Waals surface area contributed by atoms with Gasteiger partial charge in [-0.25, -0.2) is 4.98 Å². The van der Waals surface area contributed by atoms with Crippen molar-refractivity contribution >= 4 is 28.6 Å². The summed E-state index contributed by atoms with van der Waals surface area (Å²) in [5.74, 6) is 0.0878. The number of ether oxygens (including phenoxy) is 1. The zero-order chi connectivity index (χ0) is 21.9. The highest BCUT2D eigenvalue weighted by atomic mass is 32.2. The van der Waals surface area contributed by atoms with Gasteiger partial charge in [0.15, 0.2) is 5.16 Å². The van der Waals surface area contributed by atoms with Crippen LogP contribution in [-0.4, -0.2) is 46.2 Å². The zero-order valence-corrected chi connectivity index (χ0v) is 18.8. The molecule has 2 fully saturated rings. The first-order valence-electron chi connectivity index (χ1n) is 11.3. The van der Waals surface area contributed by atoms with Crippen molar-refractivity contribution in [2.24, 2.45) is 0 Å². The van der Waals surface area contributed by atoms with Crippen molar-refractivity contribution in [3.63, 3.8) is 0 Å². The van der Waals surface area contributed by atoms with E-state index in [4.69, 9.17) is 9.72 Å². The molecule has 0 bridgehead atoms. The SMILES string of the molecule is O=C([C@H](Sc1nc2ccccc2c(=O)n1C[C@H]1CCCO1)c1ccccc1)N1CCCC1. The summed E-state index contributed by atoms with van der Waals surface area (Å²) in [7, 11) is 0. The number of hydrogen-bond donors (Lipinski definition) is 0. The maximum atomic E-state index is 13.5. The Labute approximate surface area is 191 Å². The molecule has 0 saturated carbocycles. The van der Waals surface area contributed by atoms with E-state index in [2.05, 4.69) is 0 Å². The number of likely N-dealkylation sites (tertiary alicyclic amines) is 1. The van der Waals surface area contributed by atoms with Crippen molar-refractivity contribution in [2.45, 2.75) is 48.7 Å². The van der Waals surface area contributed by atoms with Gasteiger partial charge in [-0.3, -0.25) is 14.2 Å². The standard InChI is InChI=1S/C25H27N3O3S/c29-23-20-12-4-5-13-21(20)26-25(28(23)17-19-11-8-16-31-19)32-22(18-9-2-1-3-10-18)24(30)27-14-6-7-15-27/h1-5,9-10,12-13,19,22H,6-8,11,14-17H2/t19-,22-/m1/s1. The maximum Gasteiger partial charge on any atom is 0.262 e. The molecule has 166 valence electrons. The van der Waals surface area contributed by atoms with Crippen molar-refractivity contribution in [1.29, 1.82) is 0 Å². The number of aromatic nitrogens is 2. The second-order valence-corrected chi connectivity index (χ2v) is 9.48. The van der Waals surface area contributed by atoms with Crippen LogP contribution in [0, 0.1) is 0 Å². The molecule has 2 saturated heterocycles. The van der Waals surface area contributed by atoms with Crippen LogP contribution in [0.15, 0.2) is 64.5 Å². The molecule has 0 unspecified atom stereocenters. The lowest BCUT2D eigenvalue weighted by Gasteiger charge is -2.24. The van der Waals surface area contributed by atoms with Gasteiger partial charge in [0.25, 0.3) is 5.56 Å². The summed E-state index contributed by atoms with van der Waals surface area (Å²) in [6.45, 7) is 2.76. The molecule has 2 aliphatic rings. The van der Waals surface area contributed by atoms with Crippen LogP contribution in [0.3, 0.4) is 0 Å². The van der Waals surface area contributed by atoms with Crippen LogP contribution < -0.4 is 5.56 Å². The number of benzene rings is 2. The molecule has 0 spiro atoms. The largest absolute Gasteiger partial charge is 0.376 e. The Bertz CT molecular complexity index is 1150. The number of amides is 1. The highest BCUT2D eigenvalue weighted by molar-refractivity contribution is 8.00. The molecule has 6 nitrogen and oxygen atoms in total. The molecule has 1 aromatic heterocycles. The molecule has 0 radical (unpaired) electrons. The fraction of sp³-hybridized carbons (Fsp3) is 0.400. The van der Waals surface area contributed by atoms with Crippen LogP contribution in [0.4, 0.5) is 0 Å². The summed E-state index contributed by atoms with van der Waals surface area (Å²) in [5, 5.41) is 0.723. The summed E-state index contributed by atoms with van der Waals surface area (Å²) in [5.41, 5.74) is 1.51. The van der Waals surface area contributed by atoms with Crippen molar-refractivity contribution in [3.05, 3.63) is 70.5 Å². The molecule has 3 heterocycles. The first-order valence-corrected chi connectivity index (χ1v) is 12.2. The van der Waals surface area contributed by atoms with E-state index in [-0.39, 0.29) is 17.6 Å². The minimum absolute atomic E-state index is 0.000490. The van der Waals surface area contributed by atoms with Gasteiger partial charge in [0.2, 0.25) is 5.91 Å². The van der Waals surface area contributed by atoms with Crippen LogP contribution in [-0.2, 0) is 16.1 Å². The Morgan fingerprint density at radius 1 is 1.06 bits per heavy atom. The molecule has 0 N–H and O–H groups in total. The van der Waals surface area contributed by atoms with Gasteiger partial charge >= 0.3 is 0 Å². The van der Waals surface area contributed by atoms with E-state index >= 15 is 0 Å². The van der Waals surface area contributed by atoms with Gasteiger partial charge in [0, 0.05) is 19.7 Å². The second kappa shape index (κ2) is 9.46. The number of carbonyl (C=O) groups is 1. The number of hydrogen-bond acceptors (Lipinski definition) is 5. The Morgan fingerprint density at radius 3 is 2.56 bits per heavy atom. The van der Waals surface area contributed by atoms with Crippen LogP contribution in [0.1, 0.15) is 36.5 Å². The van der Waals surface area contributed by atoms with Crippen LogP contribution in [0.2, 0.25) is 0 Å². The maximum absolute atomic E-state index is 13.5. The third-order valence-corrected chi connectivity index (χ3v) is 7.44. The van der Waals surface area contributed by atoms with Gasteiger partial charge < -0.3 is 9.64 Å². The molecule has 2 aliphatic heterocycles. The minimum Gasteiger partial charge on any atom is -0.376 e. The smallest absolute Gasteiger partial charge is 0.262 e. The van der Waals surface area contributed by atoms with Gasteiger partial charge in [0.05, 0.1) is 23.6 Å². The minimum atomic E-state index is -0.446. The second-order valence-electron chi connectivity index (χ2n) is 8.40. The monoisotopic (exact) mass is 449 g/mol. The van der Waals surface area contributed by atoms with E-state index in [9.17, 15) is 9.59 Å². The number of rotatable bonds is 6. The van der Waals surface area contributed by atoms with E-state index in [1.807, 2.05) is 59.5 Å². The first kappa shape index (κ1) is 21.2. The molecule has 32 heavy (non-hydrogen) atoms. The van der Waals surface area contributed by atoms with Crippen LogP contribution in [0.5, 0.6) is 0 Å². The lowest BCUT2D eigenvalue weighted by molar-refractivity contribution is -0.129. The average molecular weight is 450 g/mol. The van der Waals surface area contributed by atoms with Crippen LogP contribution in [0.25, 0.3) is 10.9 Å². The van der Waals surface area contributed by atoms with E-state index in [1.165, 1.54) is 11.8 Å². The first-order chi connectivity index (χ1) is 15.7. The van der Waals surface area contributed by atoms with Crippen molar-refractivity contribution < 1.29 is 9.53 Å². The summed E-state index contributed by atoms with van der Waals surface area (Å²) in [6.07, 6.45) is 4.01. The Hall–Kier alpha value is -2.64. The zero-order valence-electron chi connectivity index (χ0n) is 18.0. The third kappa shape index (κ3) is 4.32. The van der Waals surface area contributed by atoms with Crippen LogP contribution >= 0.6 is 11.8 Å². The summed E-state index contributed by atoms with van der Waals surface area (Å²) in [4.78, 5) is 33.8. The van der Waals surface area contributed by atoms with Gasteiger partial charge in [0.1, 0.15) is 5.25 Å². The molecule has 3 aromatic rings. The summed E-state index contributed by atoms with van der Waals surface area (Å²) < 4.78 is 7.54. The lowest BCUT2D eigenvalue weighted by atomic mass is 10.1. The van der Waals surface area contributed by atoms with Gasteiger partial charge in [-0.05, 0) is 43.4 Å². The fourth-order valence-corrected chi connectivity index (χ4v) is 5.68. The fourth-order valence-electron chi connectivity index (χ4n) is 4.49. The Kier molecular flexibility index (Phi) is 6.28. The average Bonchev–Trinajstić information content (AvgIpc) is 3.54. The molecule has 5 rings (SSSR count). The number of thioether (sulfide) groups is 1. The summed E-state index contributed by atoms with van der Waals surface area (Å²) in [6, 6.07) is 17.2. The van der Waals surface area contributed by atoms with Crippen molar-refractivity contribution in [1.82, 2.24) is 14.5 Å². The number of carbonyl (C=O) groups excluding carboxylic acids is 1. The topological polar surface area (TPSA) is 64.4 Å². The highest BCUT2D eigenvalue weighted by Gasteiger charge is 2.31. The van der Waals surface area contributed by atoms with Gasteiger partial charge in [-0.1, -0.05) is 54.2 Å². The lowest BCUT2D eigenvalue weighted by Crippen LogP contribution is -2.33. The molecular formula is C25H27N3O3S. The summed E-state index contributed by atoms with van der Waals surface area (Å²) >= 11 is 1.38. The van der Waals surface area contributed by atoms with Crippen molar-refractivity contribution in [3.8, 4) is 0 Å². The normalized spacial score (nSPS) is 19.5. The third-order valence-electron chi connectivity index (χ3n) is 6.20. The molecule has 7 heteroatoms. The molecule has 1 amide bonds. The van der Waals surface area contributed by atoms with E-state index in [0.29, 0.717) is 22.6 Å². The van der Waals surface area contributed by atoms with Crippen molar-refractivity contribution in [2.75, 3.05) is 19.7 Å². The van der Waals surface area contributed by atoms with E-state index in [1.54, 1.807) is 4.57 Å². The highest BCUT2D eigenvalue weighted by Crippen LogP contribution is 2.37. The Balaban J connectivity index is 1.57. The molecule has 0 aliphatic carbocycles. The molecular weight excluding hydrogens is 422 g/mol. The van der Waals surface area contributed by atoms with Gasteiger partial charge in [-0.15, -0.1) is 0 Å². The Morgan fingerprint density at radius 2 is 1.81 bits per heavy atom. The van der Waals surface area contributed by atoms with E-state index in [0.717, 1.165) is 50.9 Å². The van der Waals surface area contributed by atoms with E-state index < -0.39 is 5.25 Å². The quantitative estimate of drug-likeness (QED) is 0.420. The number of para-hydroxylation sites is 1. The predicted molar refractivity (Wildman–Crippen MR) is 126 cm³/mol. The molecule has 2 aromatic carbocycles.